The Balaban J connectivity index is 0.00000100. The Kier molecular flexibility index (Phi) is 5.68. The van der Waals surface area contributed by atoms with E-state index in [0.717, 1.165) is 30.7 Å². The van der Waals surface area contributed by atoms with Crippen molar-refractivity contribution in [1.29, 1.82) is 5.41 Å². The first kappa shape index (κ1) is 18.5. The van der Waals surface area contributed by atoms with Crippen molar-refractivity contribution >= 4 is 5.71 Å². The SMILES string of the molecule is C=C.Cc1cc(C2CCC(/C(N)=C/C(=N)C(C)(C)C3CC3)C2)n[nH]1. The third-order valence-corrected chi connectivity index (χ3v) is 5.65. The van der Waals surface area contributed by atoms with Crippen LogP contribution in [0.3, 0.4) is 0 Å². The van der Waals surface area contributed by atoms with Gasteiger partial charge in [0.15, 0.2) is 0 Å². The highest BCUT2D eigenvalue weighted by molar-refractivity contribution is 5.97. The zero-order valence-corrected chi connectivity index (χ0v) is 15.4. The minimum Gasteiger partial charge on any atom is -0.402 e. The first-order chi connectivity index (χ1) is 11.4. The maximum atomic E-state index is 8.40. The molecule has 2 saturated carbocycles. The summed E-state index contributed by atoms with van der Waals surface area (Å²) in [5.41, 5.74) is 10.2. The third kappa shape index (κ3) is 3.97. The van der Waals surface area contributed by atoms with Gasteiger partial charge in [0.25, 0.3) is 0 Å². The van der Waals surface area contributed by atoms with Crippen LogP contribution < -0.4 is 5.73 Å². The maximum absolute atomic E-state index is 8.40. The Bertz CT molecular complexity index is 607. The van der Waals surface area contributed by atoms with Crippen LogP contribution >= 0.6 is 0 Å². The first-order valence-electron chi connectivity index (χ1n) is 8.96. The van der Waals surface area contributed by atoms with Crippen LogP contribution in [0.2, 0.25) is 0 Å². The molecule has 2 fully saturated rings. The quantitative estimate of drug-likeness (QED) is 0.541. The highest BCUT2D eigenvalue weighted by atomic mass is 15.1. The van der Waals surface area contributed by atoms with Gasteiger partial charge >= 0.3 is 0 Å². The van der Waals surface area contributed by atoms with Crippen molar-refractivity contribution in [3.8, 4) is 0 Å². The number of nitrogens with two attached hydrogens (primary N) is 1. The number of rotatable bonds is 5. The van der Waals surface area contributed by atoms with Crippen LogP contribution in [0.5, 0.6) is 0 Å². The van der Waals surface area contributed by atoms with Crippen molar-refractivity contribution in [2.75, 3.05) is 0 Å². The average molecular weight is 329 g/mol. The van der Waals surface area contributed by atoms with Gasteiger partial charge in [0, 0.05) is 28.4 Å². The van der Waals surface area contributed by atoms with Gasteiger partial charge in [0.05, 0.1) is 5.69 Å². The van der Waals surface area contributed by atoms with Gasteiger partial charge in [0.1, 0.15) is 0 Å². The molecule has 1 aromatic heterocycles. The molecule has 2 atom stereocenters. The van der Waals surface area contributed by atoms with Gasteiger partial charge in [-0.2, -0.15) is 5.10 Å². The topological polar surface area (TPSA) is 78.6 Å². The van der Waals surface area contributed by atoms with Crippen LogP contribution in [0.4, 0.5) is 0 Å². The van der Waals surface area contributed by atoms with E-state index in [1.54, 1.807) is 0 Å². The Labute approximate surface area is 146 Å². The third-order valence-electron chi connectivity index (χ3n) is 5.65. The molecule has 24 heavy (non-hydrogen) atoms. The van der Waals surface area contributed by atoms with Crippen molar-refractivity contribution < 1.29 is 0 Å². The lowest BCUT2D eigenvalue weighted by atomic mass is 9.81. The van der Waals surface area contributed by atoms with Crippen molar-refractivity contribution in [2.45, 2.75) is 58.8 Å². The van der Waals surface area contributed by atoms with Gasteiger partial charge in [-0.3, -0.25) is 5.10 Å². The lowest BCUT2D eigenvalue weighted by Gasteiger charge is -2.24. The van der Waals surface area contributed by atoms with Crippen LogP contribution in [0.25, 0.3) is 0 Å². The van der Waals surface area contributed by atoms with Crippen LogP contribution in [0, 0.1) is 29.6 Å². The molecule has 4 nitrogen and oxygen atoms in total. The summed E-state index contributed by atoms with van der Waals surface area (Å²) in [6.45, 7) is 12.4. The molecule has 2 aliphatic carbocycles. The van der Waals surface area contributed by atoms with Gasteiger partial charge in [-0.15, -0.1) is 13.2 Å². The highest BCUT2D eigenvalue weighted by Crippen LogP contribution is 2.46. The zero-order chi connectivity index (χ0) is 17.9. The van der Waals surface area contributed by atoms with Gasteiger partial charge in [-0.05, 0) is 63.0 Å². The van der Waals surface area contributed by atoms with Gasteiger partial charge < -0.3 is 11.1 Å². The molecule has 0 saturated heterocycles. The molecule has 1 aromatic rings. The fourth-order valence-electron chi connectivity index (χ4n) is 3.70. The van der Waals surface area contributed by atoms with Crippen molar-refractivity contribution in [1.82, 2.24) is 10.2 Å². The molecule has 0 bridgehead atoms. The summed E-state index contributed by atoms with van der Waals surface area (Å²) in [6, 6.07) is 2.14. The predicted octanol–water partition coefficient (Wildman–Crippen LogP) is 4.70. The predicted molar refractivity (Wildman–Crippen MR) is 101 cm³/mol. The van der Waals surface area contributed by atoms with Crippen LogP contribution in [-0.2, 0) is 0 Å². The summed E-state index contributed by atoms with van der Waals surface area (Å²) >= 11 is 0. The second-order valence-electron chi connectivity index (χ2n) is 7.74. The molecule has 3 rings (SSSR count). The van der Waals surface area contributed by atoms with Crippen LogP contribution in [-0.4, -0.2) is 15.9 Å². The van der Waals surface area contributed by atoms with E-state index in [-0.39, 0.29) is 5.41 Å². The maximum Gasteiger partial charge on any atom is 0.0655 e. The molecular formula is C20H32N4. The highest BCUT2D eigenvalue weighted by Gasteiger charge is 2.40. The number of hydrogen-bond acceptors (Lipinski definition) is 3. The molecule has 4 N–H and O–H groups in total. The summed E-state index contributed by atoms with van der Waals surface area (Å²) in [5, 5.41) is 15.8. The summed E-state index contributed by atoms with van der Waals surface area (Å²) in [6.07, 6.45) is 7.77. The standard InChI is InChI=1S/C18H28N4.C2H4/c1-11-8-16(22-21-11)13-5-4-12(9-13)15(19)10-17(20)18(2,3)14-6-7-14;1-2/h8,10,12-14,20H,4-7,9,19H2,1-3H3,(H,21,22);1-2H2/b15-10-,20-17?;. The zero-order valence-electron chi connectivity index (χ0n) is 15.4. The number of H-pyrrole nitrogens is 1. The second-order valence-corrected chi connectivity index (χ2v) is 7.74. The Morgan fingerprint density at radius 2 is 2.00 bits per heavy atom. The molecule has 0 aromatic carbocycles. The number of nitrogens with one attached hydrogen (secondary N) is 2. The van der Waals surface area contributed by atoms with Crippen molar-refractivity contribution in [2.24, 2.45) is 23.0 Å². The molecule has 0 radical (unpaired) electrons. The normalized spacial score (nSPS) is 24.4. The second kappa shape index (κ2) is 7.37. The monoisotopic (exact) mass is 328 g/mol. The summed E-state index contributed by atoms with van der Waals surface area (Å²) < 4.78 is 0. The Morgan fingerprint density at radius 1 is 1.33 bits per heavy atom. The first-order valence-corrected chi connectivity index (χ1v) is 8.96. The number of aromatic nitrogens is 2. The Morgan fingerprint density at radius 3 is 2.54 bits per heavy atom. The Hall–Kier alpha value is -1.84. The number of hydrogen-bond donors (Lipinski definition) is 3. The van der Waals surface area contributed by atoms with Gasteiger partial charge in [-0.1, -0.05) is 13.8 Å². The van der Waals surface area contributed by atoms with E-state index < -0.39 is 0 Å². The van der Waals surface area contributed by atoms with Crippen molar-refractivity contribution in [3.63, 3.8) is 0 Å². The van der Waals surface area contributed by atoms with Gasteiger partial charge in [-0.25, -0.2) is 0 Å². The number of aryl methyl sites for hydroxylation is 1. The lowest BCUT2D eigenvalue weighted by molar-refractivity contribution is 0.448. The molecule has 2 unspecified atom stereocenters. The lowest BCUT2D eigenvalue weighted by Crippen LogP contribution is -2.26. The summed E-state index contributed by atoms with van der Waals surface area (Å²) in [7, 11) is 0. The fourth-order valence-corrected chi connectivity index (χ4v) is 3.70. The van der Waals surface area contributed by atoms with E-state index in [2.05, 4.69) is 43.3 Å². The smallest absolute Gasteiger partial charge is 0.0655 e. The summed E-state index contributed by atoms with van der Waals surface area (Å²) in [4.78, 5) is 0. The minimum atomic E-state index is -0.0259. The molecule has 1 heterocycles. The molecule has 0 aliphatic heterocycles. The van der Waals surface area contributed by atoms with E-state index >= 15 is 0 Å². The molecule has 0 spiro atoms. The van der Waals surface area contributed by atoms with Gasteiger partial charge in [0.2, 0.25) is 0 Å². The van der Waals surface area contributed by atoms with E-state index in [1.807, 2.05) is 13.0 Å². The number of aromatic amines is 1. The van der Waals surface area contributed by atoms with E-state index in [1.165, 1.54) is 18.5 Å². The molecule has 2 aliphatic rings. The number of nitrogens with zero attached hydrogens (tertiary/aromatic N) is 1. The average Bonchev–Trinajstić information content (AvgIpc) is 3.16. The molecular weight excluding hydrogens is 296 g/mol. The van der Waals surface area contributed by atoms with Crippen LogP contribution in [0.1, 0.15) is 63.3 Å². The molecule has 0 amide bonds. The minimum absolute atomic E-state index is 0.0259. The summed E-state index contributed by atoms with van der Waals surface area (Å²) in [5.74, 6) is 1.58. The van der Waals surface area contributed by atoms with E-state index in [0.29, 0.717) is 23.5 Å². The van der Waals surface area contributed by atoms with Crippen LogP contribution in [0.15, 0.2) is 31.0 Å². The van der Waals surface area contributed by atoms with E-state index in [4.69, 9.17) is 11.1 Å². The number of allylic oxidation sites excluding steroid dienone is 2. The fraction of sp³-hybridized carbons (Fsp3) is 0.600. The largest absolute Gasteiger partial charge is 0.402 e. The molecule has 132 valence electrons. The van der Waals surface area contributed by atoms with E-state index in [9.17, 15) is 0 Å². The molecule has 4 heteroatoms. The van der Waals surface area contributed by atoms with Crippen molar-refractivity contribution in [3.05, 3.63) is 42.4 Å².